The third-order valence-corrected chi connectivity index (χ3v) is 3.86. The fourth-order valence-electron chi connectivity index (χ4n) is 2.70. The van der Waals surface area contributed by atoms with Crippen molar-refractivity contribution < 1.29 is 4.79 Å². The highest BCUT2D eigenvalue weighted by Crippen LogP contribution is 2.21. The number of carbonyl (C=O) groups is 1. The van der Waals surface area contributed by atoms with Gasteiger partial charge in [-0.3, -0.25) is 4.79 Å². The molecule has 1 amide bonds. The Morgan fingerprint density at radius 2 is 2.16 bits per heavy atom. The Kier molecular flexibility index (Phi) is 3.42. The summed E-state index contributed by atoms with van der Waals surface area (Å²) in [5, 5.41) is 4.32. The van der Waals surface area contributed by atoms with Gasteiger partial charge in [0.15, 0.2) is 5.69 Å². The van der Waals surface area contributed by atoms with Gasteiger partial charge in [-0.15, -0.1) is 0 Å². The van der Waals surface area contributed by atoms with Gasteiger partial charge in [0.2, 0.25) is 0 Å². The lowest BCUT2D eigenvalue weighted by atomic mass is 9.95. The first-order chi connectivity index (χ1) is 9.24. The van der Waals surface area contributed by atoms with Crippen LogP contribution in [-0.4, -0.2) is 21.9 Å². The van der Waals surface area contributed by atoms with Crippen LogP contribution in [0.15, 0.2) is 18.3 Å². The second-order valence-corrected chi connectivity index (χ2v) is 5.43. The molecule has 1 aliphatic carbocycles. The average Bonchev–Trinajstić information content (AvgIpc) is 2.86. The Hall–Kier alpha value is -1.55. The zero-order valence-electron chi connectivity index (χ0n) is 10.6. The molecule has 0 radical (unpaired) electrons. The summed E-state index contributed by atoms with van der Waals surface area (Å²) in [5.74, 6) is -0.137. The maximum absolute atomic E-state index is 12.3. The van der Waals surface area contributed by atoms with Gasteiger partial charge in [0, 0.05) is 17.6 Å². The van der Waals surface area contributed by atoms with Gasteiger partial charge < -0.3 is 10.3 Å². The SMILES string of the molecule is O=C(NC1CCCCC1)c1nc(Cl)cc2cc[nH]c12. The normalized spacial score (nSPS) is 16.7. The maximum Gasteiger partial charge on any atom is 0.272 e. The molecule has 2 heterocycles. The summed E-state index contributed by atoms with van der Waals surface area (Å²) in [6.45, 7) is 0. The number of aromatic amines is 1. The van der Waals surface area contributed by atoms with Crippen LogP contribution in [0.4, 0.5) is 0 Å². The van der Waals surface area contributed by atoms with Crippen molar-refractivity contribution in [2.75, 3.05) is 0 Å². The van der Waals surface area contributed by atoms with Crippen molar-refractivity contribution >= 4 is 28.4 Å². The maximum atomic E-state index is 12.3. The lowest BCUT2D eigenvalue weighted by Gasteiger charge is -2.22. The zero-order valence-corrected chi connectivity index (χ0v) is 11.3. The molecular weight excluding hydrogens is 262 g/mol. The number of fused-ring (bicyclic) bond motifs is 1. The topological polar surface area (TPSA) is 57.8 Å². The lowest BCUT2D eigenvalue weighted by molar-refractivity contribution is 0.0924. The fourth-order valence-corrected chi connectivity index (χ4v) is 2.90. The van der Waals surface area contributed by atoms with Gasteiger partial charge in [0.25, 0.3) is 5.91 Å². The zero-order chi connectivity index (χ0) is 13.2. The van der Waals surface area contributed by atoms with Crippen LogP contribution < -0.4 is 5.32 Å². The fraction of sp³-hybridized carbons (Fsp3) is 0.429. The van der Waals surface area contributed by atoms with Crippen LogP contribution in [0.5, 0.6) is 0 Å². The van der Waals surface area contributed by atoms with Crippen LogP contribution in [-0.2, 0) is 0 Å². The van der Waals surface area contributed by atoms with Crippen molar-refractivity contribution in [3.8, 4) is 0 Å². The highest BCUT2D eigenvalue weighted by molar-refractivity contribution is 6.30. The van der Waals surface area contributed by atoms with Crippen LogP contribution >= 0.6 is 11.6 Å². The van der Waals surface area contributed by atoms with E-state index in [-0.39, 0.29) is 11.9 Å². The first-order valence-electron chi connectivity index (χ1n) is 6.68. The summed E-state index contributed by atoms with van der Waals surface area (Å²) in [5.41, 5.74) is 1.13. The van der Waals surface area contributed by atoms with Crippen LogP contribution in [0.3, 0.4) is 0 Å². The molecule has 0 spiro atoms. The molecule has 0 bridgehead atoms. The molecule has 0 atom stereocenters. The second-order valence-electron chi connectivity index (χ2n) is 5.04. The minimum Gasteiger partial charge on any atom is -0.359 e. The molecule has 2 N–H and O–H groups in total. The number of amides is 1. The molecule has 3 rings (SSSR count). The first kappa shape index (κ1) is 12.5. The predicted octanol–water partition coefficient (Wildman–Crippen LogP) is 3.28. The summed E-state index contributed by atoms with van der Waals surface area (Å²) >= 11 is 5.96. The van der Waals surface area contributed by atoms with E-state index in [0.717, 1.165) is 23.7 Å². The average molecular weight is 278 g/mol. The summed E-state index contributed by atoms with van der Waals surface area (Å²) in [4.78, 5) is 19.5. The largest absolute Gasteiger partial charge is 0.359 e. The Morgan fingerprint density at radius 3 is 2.95 bits per heavy atom. The molecule has 0 saturated heterocycles. The van der Waals surface area contributed by atoms with Gasteiger partial charge >= 0.3 is 0 Å². The number of rotatable bonds is 2. The molecule has 2 aromatic heterocycles. The summed E-state index contributed by atoms with van der Waals surface area (Å²) in [6, 6.07) is 3.91. The molecule has 0 aromatic carbocycles. The number of H-pyrrole nitrogens is 1. The quantitative estimate of drug-likeness (QED) is 0.828. The number of halogens is 1. The Morgan fingerprint density at radius 1 is 1.37 bits per heavy atom. The van der Waals surface area contributed by atoms with E-state index in [4.69, 9.17) is 11.6 Å². The summed E-state index contributed by atoms with van der Waals surface area (Å²) in [6.07, 6.45) is 7.54. The van der Waals surface area contributed by atoms with Crippen LogP contribution in [0.25, 0.3) is 10.9 Å². The summed E-state index contributed by atoms with van der Waals surface area (Å²) < 4.78 is 0. The van der Waals surface area contributed by atoms with Gasteiger partial charge in [-0.1, -0.05) is 30.9 Å². The van der Waals surface area contributed by atoms with Crippen molar-refractivity contribution in [1.29, 1.82) is 0 Å². The van der Waals surface area contributed by atoms with E-state index >= 15 is 0 Å². The molecular formula is C14H16ClN3O. The van der Waals surface area contributed by atoms with Crippen LogP contribution in [0, 0.1) is 0 Å². The molecule has 2 aromatic rings. The minimum absolute atomic E-state index is 0.137. The molecule has 1 saturated carbocycles. The number of nitrogens with one attached hydrogen (secondary N) is 2. The van der Waals surface area contributed by atoms with Crippen molar-refractivity contribution in [3.05, 3.63) is 29.2 Å². The van der Waals surface area contributed by atoms with Gasteiger partial charge in [-0.05, 0) is 25.0 Å². The van der Waals surface area contributed by atoms with E-state index in [9.17, 15) is 4.79 Å². The highest BCUT2D eigenvalue weighted by atomic mass is 35.5. The standard InChI is InChI=1S/C14H16ClN3O/c15-11-8-9-6-7-16-12(9)13(18-11)14(19)17-10-4-2-1-3-5-10/h6-8,10,16H,1-5H2,(H,17,19). The van der Waals surface area contributed by atoms with E-state index in [1.807, 2.05) is 6.07 Å². The van der Waals surface area contributed by atoms with E-state index in [1.165, 1.54) is 19.3 Å². The molecule has 0 aliphatic heterocycles. The Labute approximate surface area is 116 Å². The molecule has 1 aliphatic rings. The van der Waals surface area contributed by atoms with E-state index in [1.54, 1.807) is 12.3 Å². The van der Waals surface area contributed by atoms with Gasteiger partial charge in [0.05, 0.1) is 5.52 Å². The second kappa shape index (κ2) is 5.21. The minimum atomic E-state index is -0.137. The first-order valence-corrected chi connectivity index (χ1v) is 7.06. The van der Waals surface area contributed by atoms with Gasteiger partial charge in [0.1, 0.15) is 5.15 Å². The van der Waals surface area contributed by atoms with Crippen LogP contribution in [0.1, 0.15) is 42.6 Å². The van der Waals surface area contributed by atoms with Crippen molar-refractivity contribution in [1.82, 2.24) is 15.3 Å². The van der Waals surface area contributed by atoms with Crippen molar-refractivity contribution in [2.24, 2.45) is 0 Å². The molecule has 100 valence electrons. The molecule has 19 heavy (non-hydrogen) atoms. The third kappa shape index (κ3) is 2.59. The molecule has 5 heteroatoms. The van der Waals surface area contributed by atoms with Crippen LogP contribution in [0.2, 0.25) is 5.15 Å². The number of hydrogen-bond donors (Lipinski definition) is 2. The van der Waals surface area contributed by atoms with Gasteiger partial charge in [-0.2, -0.15) is 0 Å². The Bertz CT molecular complexity index is 602. The third-order valence-electron chi connectivity index (χ3n) is 3.66. The van der Waals surface area contributed by atoms with Gasteiger partial charge in [-0.25, -0.2) is 4.98 Å². The number of aromatic nitrogens is 2. The number of pyridine rings is 1. The monoisotopic (exact) mass is 277 g/mol. The van der Waals surface area contributed by atoms with E-state index in [0.29, 0.717) is 10.8 Å². The number of nitrogens with zero attached hydrogens (tertiary/aromatic N) is 1. The summed E-state index contributed by atoms with van der Waals surface area (Å²) in [7, 11) is 0. The molecule has 4 nitrogen and oxygen atoms in total. The number of hydrogen-bond acceptors (Lipinski definition) is 2. The molecule has 1 fully saturated rings. The Balaban J connectivity index is 1.86. The van der Waals surface area contributed by atoms with E-state index in [2.05, 4.69) is 15.3 Å². The van der Waals surface area contributed by atoms with Crippen molar-refractivity contribution in [3.63, 3.8) is 0 Å². The highest BCUT2D eigenvalue weighted by Gasteiger charge is 2.19. The smallest absolute Gasteiger partial charge is 0.272 e. The van der Waals surface area contributed by atoms with Crippen molar-refractivity contribution in [2.45, 2.75) is 38.1 Å². The molecule has 0 unspecified atom stereocenters. The van der Waals surface area contributed by atoms with E-state index < -0.39 is 0 Å². The lowest BCUT2D eigenvalue weighted by Crippen LogP contribution is -2.36. The number of carbonyl (C=O) groups excluding carboxylic acids is 1. The predicted molar refractivity (Wildman–Crippen MR) is 75.4 cm³/mol.